The molecule has 0 saturated carbocycles. The first kappa shape index (κ1) is 15.7. The van der Waals surface area contributed by atoms with Gasteiger partial charge < -0.3 is 5.32 Å². The smallest absolute Gasteiger partial charge is 0.172 e. The number of aromatic nitrogens is 4. The lowest BCUT2D eigenvalue weighted by Crippen LogP contribution is -2.07. The summed E-state index contributed by atoms with van der Waals surface area (Å²) in [6.07, 6.45) is 5.16. The van der Waals surface area contributed by atoms with E-state index >= 15 is 0 Å². The summed E-state index contributed by atoms with van der Waals surface area (Å²) in [4.78, 5) is 8.56. The molecule has 0 aliphatic carbocycles. The summed E-state index contributed by atoms with van der Waals surface area (Å²) in [6.45, 7) is 0.593. The molecule has 3 aromatic heterocycles. The van der Waals surface area contributed by atoms with Crippen LogP contribution >= 0.6 is 15.9 Å². The molecule has 0 saturated heterocycles. The largest absolute Gasteiger partial charge is 0.366 e. The van der Waals surface area contributed by atoms with E-state index in [-0.39, 0.29) is 5.82 Å². The molecule has 1 aromatic carbocycles. The van der Waals surface area contributed by atoms with E-state index in [1.807, 2.05) is 12.1 Å². The van der Waals surface area contributed by atoms with Crippen molar-refractivity contribution in [1.29, 1.82) is 0 Å². The van der Waals surface area contributed by atoms with Crippen LogP contribution in [0.1, 0.15) is 5.56 Å². The van der Waals surface area contributed by atoms with Crippen LogP contribution in [-0.4, -0.2) is 19.6 Å². The first-order valence-electron chi connectivity index (χ1n) is 7.64. The van der Waals surface area contributed by atoms with Gasteiger partial charge in [-0.15, -0.1) is 0 Å². The lowest BCUT2D eigenvalue weighted by molar-refractivity contribution is 0.630. The van der Waals surface area contributed by atoms with Crippen molar-refractivity contribution in [3.05, 3.63) is 76.9 Å². The summed E-state index contributed by atoms with van der Waals surface area (Å²) >= 11 is 3.45. The van der Waals surface area contributed by atoms with Crippen molar-refractivity contribution in [2.75, 3.05) is 5.32 Å². The molecule has 124 valence electrons. The number of pyridine rings is 1. The first-order valence-corrected chi connectivity index (χ1v) is 8.43. The number of benzene rings is 1. The van der Waals surface area contributed by atoms with Crippen molar-refractivity contribution < 1.29 is 4.39 Å². The maximum Gasteiger partial charge on any atom is 0.172 e. The number of hydrogen-bond acceptors (Lipinski definition) is 4. The van der Waals surface area contributed by atoms with Crippen LogP contribution in [0.15, 0.2) is 65.5 Å². The minimum Gasteiger partial charge on any atom is -0.366 e. The fraction of sp³-hybridized carbons (Fsp3) is 0.0556. The molecule has 0 aliphatic rings. The molecule has 1 N–H and O–H groups in total. The Morgan fingerprint density at radius 2 is 1.92 bits per heavy atom. The van der Waals surface area contributed by atoms with Crippen LogP contribution in [0.5, 0.6) is 0 Å². The molecule has 0 fully saturated rings. The lowest BCUT2D eigenvalue weighted by Gasteiger charge is -2.11. The second-order valence-electron chi connectivity index (χ2n) is 5.44. The van der Waals surface area contributed by atoms with Gasteiger partial charge in [0.05, 0.1) is 16.4 Å². The van der Waals surface area contributed by atoms with Gasteiger partial charge in [-0.1, -0.05) is 12.1 Å². The van der Waals surface area contributed by atoms with Gasteiger partial charge in [0.2, 0.25) is 0 Å². The number of fused-ring (bicyclic) bond motifs is 1. The van der Waals surface area contributed by atoms with E-state index in [1.54, 1.807) is 47.4 Å². The first-order chi connectivity index (χ1) is 12.2. The summed E-state index contributed by atoms with van der Waals surface area (Å²) in [5, 5.41) is 7.66. The predicted octanol–water partition coefficient (Wildman–Crippen LogP) is 4.31. The molecule has 0 unspecified atom stereocenters. The molecule has 0 atom stereocenters. The van der Waals surface area contributed by atoms with Gasteiger partial charge >= 0.3 is 0 Å². The molecule has 5 nitrogen and oxygen atoms in total. The monoisotopic (exact) mass is 397 g/mol. The highest BCUT2D eigenvalue weighted by atomic mass is 79.9. The van der Waals surface area contributed by atoms with Crippen molar-refractivity contribution in [3.8, 4) is 11.3 Å². The zero-order chi connectivity index (χ0) is 17.2. The van der Waals surface area contributed by atoms with Crippen LogP contribution in [0.25, 0.3) is 16.9 Å². The maximum absolute atomic E-state index is 14.2. The minimum absolute atomic E-state index is 0.310. The number of nitrogens with one attached hydrogen (secondary N) is 1. The molecule has 4 aromatic rings. The molecular weight excluding hydrogens is 385 g/mol. The fourth-order valence-corrected chi connectivity index (χ4v) is 2.91. The molecule has 0 spiro atoms. The van der Waals surface area contributed by atoms with Crippen molar-refractivity contribution in [3.63, 3.8) is 0 Å². The summed E-state index contributed by atoms with van der Waals surface area (Å²) in [6, 6.07) is 12.3. The summed E-state index contributed by atoms with van der Waals surface area (Å²) in [5.41, 5.74) is 2.70. The molecular formula is C18H13BrFN5. The third kappa shape index (κ3) is 3.10. The predicted molar refractivity (Wildman–Crippen MR) is 97.6 cm³/mol. The molecule has 3 heterocycles. The third-order valence-electron chi connectivity index (χ3n) is 3.80. The Kier molecular flexibility index (Phi) is 4.15. The van der Waals surface area contributed by atoms with Gasteiger partial charge in [0.1, 0.15) is 11.6 Å². The van der Waals surface area contributed by atoms with Crippen LogP contribution in [0.4, 0.5) is 10.2 Å². The molecule has 4 rings (SSSR count). The van der Waals surface area contributed by atoms with Crippen LogP contribution in [0.3, 0.4) is 0 Å². The van der Waals surface area contributed by atoms with Crippen molar-refractivity contribution in [1.82, 2.24) is 19.6 Å². The SMILES string of the molecule is Fc1ccccc1-c1cc(NCc2ccncc2)n2ncc(Br)c2n1. The highest BCUT2D eigenvalue weighted by molar-refractivity contribution is 9.10. The Bertz CT molecular complexity index is 1030. The fourth-order valence-electron chi connectivity index (χ4n) is 2.56. The number of hydrogen-bond donors (Lipinski definition) is 1. The third-order valence-corrected chi connectivity index (χ3v) is 4.36. The molecule has 0 bridgehead atoms. The standard InChI is InChI=1S/C18H13BrFN5/c19-14-11-23-25-17(22-10-12-5-7-21-8-6-12)9-16(24-18(14)25)13-3-1-2-4-15(13)20/h1-9,11,22H,10H2. The van der Waals surface area contributed by atoms with Crippen LogP contribution in [0, 0.1) is 5.82 Å². The van der Waals surface area contributed by atoms with E-state index in [4.69, 9.17) is 0 Å². The summed E-state index contributed by atoms with van der Waals surface area (Å²) < 4.78 is 16.6. The van der Waals surface area contributed by atoms with Crippen LogP contribution < -0.4 is 5.32 Å². The van der Waals surface area contributed by atoms with Gasteiger partial charge in [-0.2, -0.15) is 9.61 Å². The number of rotatable bonds is 4. The second-order valence-corrected chi connectivity index (χ2v) is 6.30. The average Bonchev–Trinajstić information content (AvgIpc) is 3.02. The Balaban J connectivity index is 1.78. The van der Waals surface area contributed by atoms with E-state index in [1.165, 1.54) is 6.07 Å². The lowest BCUT2D eigenvalue weighted by atomic mass is 10.1. The highest BCUT2D eigenvalue weighted by Crippen LogP contribution is 2.27. The Hall–Kier alpha value is -2.80. The van der Waals surface area contributed by atoms with Gasteiger partial charge in [0.15, 0.2) is 5.65 Å². The van der Waals surface area contributed by atoms with Gasteiger partial charge in [-0.3, -0.25) is 4.98 Å². The van der Waals surface area contributed by atoms with Crippen LogP contribution in [0.2, 0.25) is 0 Å². The number of anilines is 1. The molecule has 7 heteroatoms. The summed E-state index contributed by atoms with van der Waals surface area (Å²) in [7, 11) is 0. The normalized spacial score (nSPS) is 11.0. The topological polar surface area (TPSA) is 55.1 Å². The Morgan fingerprint density at radius 1 is 1.12 bits per heavy atom. The molecule has 25 heavy (non-hydrogen) atoms. The van der Waals surface area contributed by atoms with E-state index in [0.717, 1.165) is 15.9 Å². The average molecular weight is 398 g/mol. The van der Waals surface area contributed by atoms with E-state index < -0.39 is 0 Å². The van der Waals surface area contributed by atoms with Gasteiger partial charge in [-0.05, 0) is 45.8 Å². The molecule has 0 amide bonds. The summed E-state index contributed by atoms with van der Waals surface area (Å²) in [5.74, 6) is 0.417. The quantitative estimate of drug-likeness (QED) is 0.557. The van der Waals surface area contributed by atoms with Crippen molar-refractivity contribution in [2.45, 2.75) is 6.54 Å². The number of halogens is 2. The van der Waals surface area contributed by atoms with Gasteiger partial charge in [-0.25, -0.2) is 9.37 Å². The van der Waals surface area contributed by atoms with Crippen molar-refractivity contribution in [2.24, 2.45) is 0 Å². The zero-order valence-electron chi connectivity index (χ0n) is 13.0. The van der Waals surface area contributed by atoms with Crippen LogP contribution in [-0.2, 0) is 6.54 Å². The van der Waals surface area contributed by atoms with Gasteiger partial charge in [0, 0.05) is 30.6 Å². The Morgan fingerprint density at radius 3 is 2.72 bits per heavy atom. The minimum atomic E-state index is -0.310. The zero-order valence-corrected chi connectivity index (χ0v) is 14.6. The second kappa shape index (κ2) is 6.60. The highest BCUT2D eigenvalue weighted by Gasteiger charge is 2.13. The molecule has 0 aliphatic heterocycles. The Labute approximate surface area is 151 Å². The van der Waals surface area contributed by atoms with Crippen molar-refractivity contribution >= 4 is 27.4 Å². The van der Waals surface area contributed by atoms with E-state index in [0.29, 0.717) is 23.4 Å². The molecule has 0 radical (unpaired) electrons. The van der Waals surface area contributed by atoms with E-state index in [2.05, 4.69) is 36.3 Å². The van der Waals surface area contributed by atoms with E-state index in [9.17, 15) is 4.39 Å². The number of nitrogens with zero attached hydrogens (tertiary/aromatic N) is 4. The van der Waals surface area contributed by atoms with Gasteiger partial charge in [0.25, 0.3) is 0 Å². The maximum atomic E-state index is 14.2.